The van der Waals surface area contributed by atoms with Crippen LogP contribution in [0, 0.1) is 41.5 Å². The molecule has 3 aromatic rings. The SMILES string of the molecule is Cc1cc(C)c(Nc2nc(N)nc(Nc3c(C)cc(C)cc3C)n2)c(C)c1. The molecule has 1 heterocycles. The Morgan fingerprint density at radius 3 is 1.26 bits per heavy atom. The largest absolute Gasteiger partial charge is 0.368 e. The molecule has 0 spiro atoms. The first-order valence-electron chi connectivity index (χ1n) is 8.94. The molecule has 0 aliphatic rings. The van der Waals surface area contributed by atoms with Crippen molar-refractivity contribution in [3.63, 3.8) is 0 Å². The third-order valence-corrected chi connectivity index (χ3v) is 4.48. The predicted octanol–water partition coefficient (Wildman–Crippen LogP) is 4.79. The Hall–Kier alpha value is -3.15. The first-order chi connectivity index (χ1) is 12.7. The molecule has 0 amide bonds. The van der Waals surface area contributed by atoms with Crippen LogP contribution in [0.25, 0.3) is 0 Å². The Morgan fingerprint density at radius 2 is 0.926 bits per heavy atom. The van der Waals surface area contributed by atoms with Crippen molar-refractivity contribution in [1.29, 1.82) is 0 Å². The van der Waals surface area contributed by atoms with E-state index in [1.165, 1.54) is 11.1 Å². The number of nitrogen functional groups attached to an aromatic ring is 1. The average Bonchev–Trinajstić information content (AvgIpc) is 2.54. The van der Waals surface area contributed by atoms with E-state index in [2.05, 4.69) is 91.4 Å². The van der Waals surface area contributed by atoms with Crippen LogP contribution in [0.1, 0.15) is 33.4 Å². The van der Waals surface area contributed by atoms with E-state index >= 15 is 0 Å². The molecule has 0 unspecified atom stereocenters. The fraction of sp³-hybridized carbons (Fsp3) is 0.286. The number of rotatable bonds is 4. The van der Waals surface area contributed by atoms with Crippen molar-refractivity contribution in [2.75, 3.05) is 16.4 Å². The number of benzene rings is 2. The highest BCUT2D eigenvalue weighted by atomic mass is 15.2. The van der Waals surface area contributed by atoms with Gasteiger partial charge in [0, 0.05) is 11.4 Å². The van der Waals surface area contributed by atoms with Crippen LogP contribution in [-0.2, 0) is 0 Å². The van der Waals surface area contributed by atoms with Crippen LogP contribution < -0.4 is 16.4 Å². The molecule has 6 heteroatoms. The summed E-state index contributed by atoms with van der Waals surface area (Å²) in [6.45, 7) is 12.4. The molecule has 0 atom stereocenters. The van der Waals surface area contributed by atoms with Crippen LogP contribution in [0.3, 0.4) is 0 Å². The number of nitrogens with zero attached hydrogens (tertiary/aromatic N) is 3. The molecule has 6 nitrogen and oxygen atoms in total. The Labute approximate surface area is 160 Å². The third-order valence-electron chi connectivity index (χ3n) is 4.48. The summed E-state index contributed by atoms with van der Waals surface area (Å²) in [4.78, 5) is 13.0. The van der Waals surface area contributed by atoms with Crippen LogP contribution in [0.15, 0.2) is 24.3 Å². The molecular formula is C21H26N6. The Bertz CT molecular complexity index is 886. The molecular weight excluding hydrogens is 336 g/mol. The summed E-state index contributed by atoms with van der Waals surface area (Å²) in [5.74, 6) is 1.00. The zero-order chi connectivity index (χ0) is 19.7. The zero-order valence-electron chi connectivity index (χ0n) is 16.7. The second-order valence-electron chi connectivity index (χ2n) is 7.14. The lowest BCUT2D eigenvalue weighted by Crippen LogP contribution is -2.09. The quantitative estimate of drug-likeness (QED) is 0.618. The summed E-state index contributed by atoms with van der Waals surface area (Å²) in [6.07, 6.45) is 0. The molecule has 2 aromatic carbocycles. The summed E-state index contributed by atoms with van der Waals surface area (Å²) in [5.41, 5.74) is 14.9. The molecule has 0 saturated carbocycles. The minimum atomic E-state index is 0.167. The molecule has 140 valence electrons. The van der Waals surface area contributed by atoms with Crippen LogP contribution >= 0.6 is 0 Å². The molecule has 0 aliphatic heterocycles. The average molecular weight is 362 g/mol. The molecule has 3 rings (SSSR count). The van der Waals surface area contributed by atoms with Crippen LogP contribution in [-0.4, -0.2) is 15.0 Å². The second-order valence-corrected chi connectivity index (χ2v) is 7.14. The normalized spacial score (nSPS) is 10.7. The Morgan fingerprint density at radius 1 is 0.593 bits per heavy atom. The number of aromatic nitrogens is 3. The predicted molar refractivity (Wildman–Crippen MR) is 112 cm³/mol. The molecule has 0 aliphatic carbocycles. The summed E-state index contributed by atoms with van der Waals surface area (Å²) in [5, 5.41) is 6.58. The number of anilines is 5. The third kappa shape index (κ3) is 4.16. The van der Waals surface area contributed by atoms with Gasteiger partial charge in [0.25, 0.3) is 0 Å². The highest BCUT2D eigenvalue weighted by molar-refractivity contribution is 5.67. The van der Waals surface area contributed by atoms with Crippen molar-refractivity contribution in [1.82, 2.24) is 15.0 Å². The molecule has 27 heavy (non-hydrogen) atoms. The van der Waals surface area contributed by atoms with Crippen LogP contribution in [0.4, 0.5) is 29.2 Å². The topological polar surface area (TPSA) is 88.8 Å². The minimum absolute atomic E-state index is 0.167. The van der Waals surface area contributed by atoms with Gasteiger partial charge in [0.2, 0.25) is 17.8 Å². The van der Waals surface area contributed by atoms with E-state index in [0.717, 1.165) is 33.6 Å². The van der Waals surface area contributed by atoms with E-state index in [9.17, 15) is 0 Å². The molecule has 0 bridgehead atoms. The monoisotopic (exact) mass is 362 g/mol. The van der Waals surface area contributed by atoms with Gasteiger partial charge < -0.3 is 16.4 Å². The smallest absolute Gasteiger partial charge is 0.233 e. The van der Waals surface area contributed by atoms with Gasteiger partial charge in [-0.3, -0.25) is 0 Å². The fourth-order valence-electron chi connectivity index (χ4n) is 3.48. The number of nitrogens with one attached hydrogen (secondary N) is 2. The number of hydrogen-bond donors (Lipinski definition) is 3. The van der Waals surface area contributed by atoms with Crippen molar-refractivity contribution in [3.8, 4) is 0 Å². The van der Waals surface area contributed by atoms with E-state index in [0.29, 0.717) is 11.9 Å². The van der Waals surface area contributed by atoms with Crippen LogP contribution in [0.2, 0.25) is 0 Å². The maximum atomic E-state index is 5.92. The van der Waals surface area contributed by atoms with Crippen molar-refractivity contribution in [2.45, 2.75) is 41.5 Å². The van der Waals surface area contributed by atoms with Gasteiger partial charge in [0.05, 0.1) is 0 Å². The fourth-order valence-corrected chi connectivity index (χ4v) is 3.48. The van der Waals surface area contributed by atoms with Gasteiger partial charge in [-0.05, 0) is 63.8 Å². The van der Waals surface area contributed by atoms with Gasteiger partial charge in [-0.15, -0.1) is 0 Å². The van der Waals surface area contributed by atoms with Gasteiger partial charge in [-0.1, -0.05) is 35.4 Å². The van der Waals surface area contributed by atoms with Crippen molar-refractivity contribution < 1.29 is 0 Å². The number of aryl methyl sites for hydroxylation is 6. The van der Waals surface area contributed by atoms with Gasteiger partial charge in [-0.2, -0.15) is 15.0 Å². The zero-order valence-corrected chi connectivity index (χ0v) is 16.7. The summed E-state index contributed by atoms with van der Waals surface area (Å²) in [7, 11) is 0. The summed E-state index contributed by atoms with van der Waals surface area (Å²) < 4.78 is 0. The van der Waals surface area contributed by atoms with Gasteiger partial charge in [0.1, 0.15) is 0 Å². The van der Waals surface area contributed by atoms with E-state index in [-0.39, 0.29) is 5.95 Å². The first kappa shape index (κ1) is 18.6. The summed E-state index contributed by atoms with van der Waals surface area (Å²) >= 11 is 0. The van der Waals surface area contributed by atoms with Crippen molar-refractivity contribution in [3.05, 3.63) is 57.6 Å². The Kier molecular flexibility index (Phi) is 4.99. The molecule has 4 N–H and O–H groups in total. The first-order valence-corrected chi connectivity index (χ1v) is 8.94. The van der Waals surface area contributed by atoms with E-state index in [1.54, 1.807) is 0 Å². The minimum Gasteiger partial charge on any atom is -0.368 e. The van der Waals surface area contributed by atoms with Crippen LogP contribution in [0.5, 0.6) is 0 Å². The Balaban J connectivity index is 1.94. The van der Waals surface area contributed by atoms with Crippen molar-refractivity contribution in [2.24, 2.45) is 0 Å². The second kappa shape index (κ2) is 7.23. The molecule has 0 radical (unpaired) electrons. The van der Waals surface area contributed by atoms with Gasteiger partial charge >= 0.3 is 0 Å². The van der Waals surface area contributed by atoms with E-state index < -0.39 is 0 Å². The maximum absolute atomic E-state index is 5.92. The van der Waals surface area contributed by atoms with E-state index in [4.69, 9.17) is 5.73 Å². The van der Waals surface area contributed by atoms with Crippen molar-refractivity contribution >= 4 is 29.2 Å². The molecule has 0 saturated heterocycles. The molecule has 1 aromatic heterocycles. The lowest BCUT2D eigenvalue weighted by atomic mass is 10.1. The highest BCUT2D eigenvalue weighted by Gasteiger charge is 2.11. The van der Waals surface area contributed by atoms with Gasteiger partial charge in [-0.25, -0.2) is 0 Å². The maximum Gasteiger partial charge on any atom is 0.233 e. The lowest BCUT2D eigenvalue weighted by molar-refractivity contribution is 1.07. The van der Waals surface area contributed by atoms with E-state index in [1.807, 2.05) is 0 Å². The summed E-state index contributed by atoms with van der Waals surface area (Å²) in [6, 6.07) is 8.49. The number of hydrogen-bond acceptors (Lipinski definition) is 6. The van der Waals surface area contributed by atoms with Gasteiger partial charge in [0.15, 0.2) is 0 Å². The highest BCUT2D eigenvalue weighted by Crippen LogP contribution is 2.27. The number of nitrogens with two attached hydrogens (primary N) is 1. The lowest BCUT2D eigenvalue weighted by Gasteiger charge is -2.15. The standard InChI is InChI=1S/C21H26N6/c1-11-7-13(3)17(14(4)8-11)23-20-25-19(22)26-21(27-20)24-18-15(5)9-12(2)10-16(18)6/h7-10H,1-6H3,(H4,22,23,24,25,26,27). The molecule has 0 fully saturated rings.